The smallest absolute Gasteiger partial charge is 0.508 e. The molecule has 0 saturated heterocycles. The van der Waals surface area contributed by atoms with Crippen molar-refractivity contribution >= 4 is 0 Å². The van der Waals surface area contributed by atoms with Crippen molar-refractivity contribution in [3.05, 3.63) is 23.3 Å². The summed E-state index contributed by atoms with van der Waals surface area (Å²) in [6.45, 7) is 3.95. The van der Waals surface area contributed by atoms with Crippen molar-refractivity contribution < 1.29 is 23.0 Å². The van der Waals surface area contributed by atoms with Gasteiger partial charge in [-0.3, -0.25) is 0 Å². The third-order valence-corrected chi connectivity index (χ3v) is 4.62. The monoisotopic (exact) mass is 286 g/mol. The van der Waals surface area contributed by atoms with E-state index in [1.54, 1.807) is 6.07 Å². The van der Waals surface area contributed by atoms with Crippen LogP contribution in [0.3, 0.4) is 0 Å². The molecule has 0 bridgehead atoms. The highest BCUT2D eigenvalue weighted by Crippen LogP contribution is 2.57. The third kappa shape index (κ3) is 2.34. The molecule has 1 aromatic rings. The molecule has 0 aliphatic heterocycles. The molecule has 0 spiro atoms. The van der Waals surface area contributed by atoms with Crippen molar-refractivity contribution in [3.8, 4) is 11.5 Å². The number of phenols is 1. The lowest BCUT2D eigenvalue weighted by Crippen LogP contribution is -2.20. The average Bonchev–Trinajstić information content (AvgIpc) is 3.18. The highest BCUT2D eigenvalue weighted by Gasteiger charge is 2.47. The van der Waals surface area contributed by atoms with Gasteiger partial charge in [0, 0.05) is 17.2 Å². The minimum absolute atomic E-state index is 0.0964. The molecular formula is C15H17F3O2. The molecule has 2 saturated carbocycles. The minimum atomic E-state index is -4.74. The topological polar surface area (TPSA) is 29.5 Å². The Morgan fingerprint density at radius 1 is 1.00 bits per heavy atom. The summed E-state index contributed by atoms with van der Waals surface area (Å²) in [6.07, 6.45) is -1.13. The van der Waals surface area contributed by atoms with Crippen molar-refractivity contribution in [2.45, 2.75) is 56.7 Å². The fraction of sp³-hybridized carbons (Fsp3) is 0.600. The van der Waals surface area contributed by atoms with Gasteiger partial charge in [0.1, 0.15) is 11.5 Å². The number of rotatable bonds is 3. The predicted molar refractivity (Wildman–Crippen MR) is 68.0 cm³/mol. The van der Waals surface area contributed by atoms with Crippen LogP contribution in [0.5, 0.6) is 11.5 Å². The van der Waals surface area contributed by atoms with Gasteiger partial charge in [-0.1, -0.05) is 13.8 Å². The lowest BCUT2D eigenvalue weighted by molar-refractivity contribution is -0.275. The fourth-order valence-electron chi connectivity index (χ4n) is 2.65. The summed E-state index contributed by atoms with van der Waals surface area (Å²) in [5.74, 6) is -0.361. The Bertz CT molecular complexity index is 555. The van der Waals surface area contributed by atoms with E-state index in [-0.39, 0.29) is 22.3 Å². The van der Waals surface area contributed by atoms with Gasteiger partial charge in [-0.25, -0.2) is 0 Å². The highest BCUT2D eigenvalue weighted by molar-refractivity contribution is 5.54. The molecule has 0 unspecified atom stereocenters. The number of hydrogen-bond donors (Lipinski definition) is 1. The van der Waals surface area contributed by atoms with E-state index in [4.69, 9.17) is 0 Å². The van der Waals surface area contributed by atoms with Crippen LogP contribution in [0.4, 0.5) is 13.2 Å². The van der Waals surface area contributed by atoms with Crippen LogP contribution in [0, 0.1) is 0 Å². The number of hydrogen-bond acceptors (Lipinski definition) is 2. The van der Waals surface area contributed by atoms with Gasteiger partial charge in [-0.05, 0) is 42.6 Å². The van der Waals surface area contributed by atoms with E-state index < -0.39 is 6.36 Å². The van der Waals surface area contributed by atoms with Gasteiger partial charge in [0.25, 0.3) is 0 Å². The zero-order chi connectivity index (χ0) is 14.8. The Labute approximate surface area is 115 Å². The van der Waals surface area contributed by atoms with E-state index in [1.165, 1.54) is 0 Å². The summed E-state index contributed by atoms with van der Waals surface area (Å²) in [6, 6.07) is 2.85. The number of phenolic OH excluding ortho intramolecular Hbond substituents is 1. The van der Waals surface area contributed by atoms with E-state index in [0.29, 0.717) is 5.56 Å². The molecule has 2 fully saturated rings. The molecule has 1 aromatic carbocycles. The number of alkyl halides is 3. The Hall–Kier alpha value is -1.39. The summed E-state index contributed by atoms with van der Waals surface area (Å²) >= 11 is 0. The zero-order valence-corrected chi connectivity index (χ0v) is 11.5. The lowest BCUT2D eigenvalue weighted by Gasteiger charge is -2.21. The second-order valence-corrected chi connectivity index (χ2v) is 6.53. The summed E-state index contributed by atoms with van der Waals surface area (Å²) in [5.41, 5.74) is 0.959. The van der Waals surface area contributed by atoms with E-state index >= 15 is 0 Å². The molecule has 2 nitrogen and oxygen atoms in total. The molecule has 0 amide bonds. The standard InChI is InChI=1S/C15H17F3O2/c1-13(3-4-13)9-7-10(14(2)5-6-14)12(8-11(9)19)20-15(16,17)18/h7-8,19H,3-6H2,1-2H3. The maximum atomic E-state index is 12.5. The molecule has 0 atom stereocenters. The fourth-order valence-corrected chi connectivity index (χ4v) is 2.65. The SMILES string of the molecule is CC1(c2cc(C3(C)CC3)c(OC(F)(F)F)cc2O)CC1. The molecule has 2 aliphatic carbocycles. The number of aromatic hydroxyl groups is 1. The van der Waals surface area contributed by atoms with Gasteiger partial charge in [0.05, 0.1) is 0 Å². The van der Waals surface area contributed by atoms with Crippen LogP contribution in [0.2, 0.25) is 0 Å². The molecule has 2 aliphatic rings. The van der Waals surface area contributed by atoms with Crippen molar-refractivity contribution in [1.29, 1.82) is 0 Å². The first kappa shape index (κ1) is 13.6. The van der Waals surface area contributed by atoms with Gasteiger partial charge in [-0.15, -0.1) is 13.2 Å². The lowest BCUT2D eigenvalue weighted by atomic mass is 9.89. The quantitative estimate of drug-likeness (QED) is 0.892. The summed E-state index contributed by atoms with van der Waals surface area (Å²) < 4.78 is 41.6. The van der Waals surface area contributed by atoms with Crippen molar-refractivity contribution in [2.75, 3.05) is 0 Å². The Kier molecular flexibility index (Phi) is 2.60. The zero-order valence-electron chi connectivity index (χ0n) is 11.5. The third-order valence-electron chi connectivity index (χ3n) is 4.62. The Morgan fingerprint density at radius 3 is 1.95 bits per heavy atom. The summed E-state index contributed by atoms with van der Waals surface area (Å²) in [5, 5.41) is 10.0. The van der Waals surface area contributed by atoms with Crippen LogP contribution in [0.25, 0.3) is 0 Å². The van der Waals surface area contributed by atoms with E-state index in [1.807, 2.05) is 13.8 Å². The van der Waals surface area contributed by atoms with Gasteiger partial charge in [-0.2, -0.15) is 0 Å². The maximum absolute atomic E-state index is 12.5. The Balaban J connectivity index is 2.07. The number of halogens is 3. The normalized spacial score (nSPS) is 22.4. The van der Waals surface area contributed by atoms with Crippen molar-refractivity contribution in [3.63, 3.8) is 0 Å². The van der Waals surface area contributed by atoms with Gasteiger partial charge >= 0.3 is 6.36 Å². The molecule has 5 heteroatoms. The minimum Gasteiger partial charge on any atom is -0.508 e. The van der Waals surface area contributed by atoms with Crippen LogP contribution < -0.4 is 4.74 Å². The number of ether oxygens (including phenoxy) is 1. The number of benzene rings is 1. The van der Waals surface area contributed by atoms with E-state index in [0.717, 1.165) is 37.3 Å². The first-order valence-corrected chi connectivity index (χ1v) is 6.77. The predicted octanol–water partition coefficient (Wildman–Crippen LogP) is 4.39. The molecule has 0 aromatic heterocycles. The second-order valence-electron chi connectivity index (χ2n) is 6.53. The molecule has 0 radical (unpaired) electrons. The largest absolute Gasteiger partial charge is 0.573 e. The first-order chi connectivity index (χ1) is 9.13. The molecule has 3 rings (SSSR count). The second kappa shape index (κ2) is 3.83. The van der Waals surface area contributed by atoms with Crippen LogP contribution in [-0.4, -0.2) is 11.5 Å². The molecule has 110 valence electrons. The highest BCUT2D eigenvalue weighted by atomic mass is 19.4. The van der Waals surface area contributed by atoms with Crippen LogP contribution in [-0.2, 0) is 10.8 Å². The van der Waals surface area contributed by atoms with E-state index in [2.05, 4.69) is 4.74 Å². The van der Waals surface area contributed by atoms with Gasteiger partial charge in [0.15, 0.2) is 0 Å². The van der Waals surface area contributed by atoms with Crippen LogP contribution in [0.1, 0.15) is 50.7 Å². The van der Waals surface area contributed by atoms with Crippen LogP contribution in [0.15, 0.2) is 12.1 Å². The van der Waals surface area contributed by atoms with Gasteiger partial charge < -0.3 is 9.84 Å². The summed E-state index contributed by atoms with van der Waals surface area (Å²) in [7, 11) is 0. The summed E-state index contributed by atoms with van der Waals surface area (Å²) in [4.78, 5) is 0. The molecule has 0 heterocycles. The van der Waals surface area contributed by atoms with Crippen molar-refractivity contribution in [1.82, 2.24) is 0 Å². The van der Waals surface area contributed by atoms with Crippen molar-refractivity contribution in [2.24, 2.45) is 0 Å². The molecular weight excluding hydrogens is 269 g/mol. The Morgan fingerprint density at radius 2 is 1.50 bits per heavy atom. The average molecular weight is 286 g/mol. The van der Waals surface area contributed by atoms with Gasteiger partial charge in [0.2, 0.25) is 0 Å². The molecule has 1 N–H and O–H groups in total. The van der Waals surface area contributed by atoms with E-state index in [9.17, 15) is 18.3 Å². The molecule has 20 heavy (non-hydrogen) atoms. The first-order valence-electron chi connectivity index (χ1n) is 6.77. The van der Waals surface area contributed by atoms with Crippen LogP contribution >= 0.6 is 0 Å². The maximum Gasteiger partial charge on any atom is 0.573 e.